The SMILES string of the molecule is O=C(Cc1c[nH]c2cc(F)ccc12)NC1(C(=O)O)CCCCC1. The predicted molar refractivity (Wildman–Crippen MR) is 83.6 cm³/mol. The summed E-state index contributed by atoms with van der Waals surface area (Å²) in [5.41, 5.74) is 0.209. The number of nitrogens with one attached hydrogen (secondary N) is 2. The van der Waals surface area contributed by atoms with E-state index in [4.69, 9.17) is 0 Å². The summed E-state index contributed by atoms with van der Waals surface area (Å²) in [6.07, 6.45) is 5.27. The van der Waals surface area contributed by atoms with E-state index in [0.717, 1.165) is 30.2 Å². The third-order valence-corrected chi connectivity index (χ3v) is 4.58. The van der Waals surface area contributed by atoms with Gasteiger partial charge in [0.1, 0.15) is 11.4 Å². The highest BCUT2D eigenvalue weighted by molar-refractivity contribution is 5.92. The molecule has 1 aliphatic carbocycles. The summed E-state index contributed by atoms with van der Waals surface area (Å²) in [6.45, 7) is 0. The number of carboxylic acid groups (broad SMARTS) is 1. The molecule has 3 N–H and O–H groups in total. The Bertz CT molecular complexity index is 747. The minimum Gasteiger partial charge on any atom is -0.480 e. The van der Waals surface area contributed by atoms with Crippen molar-refractivity contribution in [2.24, 2.45) is 0 Å². The van der Waals surface area contributed by atoms with Crippen LogP contribution in [-0.2, 0) is 16.0 Å². The third kappa shape index (κ3) is 3.06. The van der Waals surface area contributed by atoms with Crippen molar-refractivity contribution >= 4 is 22.8 Å². The molecule has 0 radical (unpaired) electrons. The van der Waals surface area contributed by atoms with E-state index in [9.17, 15) is 19.1 Å². The third-order valence-electron chi connectivity index (χ3n) is 4.58. The predicted octanol–water partition coefficient (Wildman–Crippen LogP) is 2.75. The van der Waals surface area contributed by atoms with Crippen LogP contribution >= 0.6 is 0 Å². The van der Waals surface area contributed by atoms with Crippen molar-refractivity contribution in [3.05, 3.63) is 35.8 Å². The molecular formula is C17H19FN2O3. The number of amides is 1. The summed E-state index contributed by atoms with van der Waals surface area (Å²) < 4.78 is 13.2. The summed E-state index contributed by atoms with van der Waals surface area (Å²) in [5.74, 6) is -1.63. The number of H-pyrrole nitrogens is 1. The zero-order chi connectivity index (χ0) is 16.4. The number of hydrogen-bond acceptors (Lipinski definition) is 2. The van der Waals surface area contributed by atoms with Gasteiger partial charge in [0.25, 0.3) is 0 Å². The van der Waals surface area contributed by atoms with E-state index >= 15 is 0 Å². The van der Waals surface area contributed by atoms with Gasteiger partial charge in [-0.05, 0) is 36.6 Å². The largest absolute Gasteiger partial charge is 0.480 e. The Hall–Kier alpha value is -2.37. The molecule has 0 spiro atoms. The first-order valence-corrected chi connectivity index (χ1v) is 7.80. The topological polar surface area (TPSA) is 82.2 Å². The second-order valence-corrected chi connectivity index (χ2v) is 6.18. The Morgan fingerprint density at radius 3 is 2.70 bits per heavy atom. The van der Waals surface area contributed by atoms with E-state index in [1.807, 2.05) is 0 Å². The summed E-state index contributed by atoms with van der Waals surface area (Å²) in [7, 11) is 0. The number of aromatic nitrogens is 1. The van der Waals surface area contributed by atoms with Crippen LogP contribution in [0.25, 0.3) is 10.9 Å². The van der Waals surface area contributed by atoms with Crippen molar-refractivity contribution in [2.45, 2.75) is 44.1 Å². The molecule has 6 heteroatoms. The monoisotopic (exact) mass is 318 g/mol. The molecule has 5 nitrogen and oxygen atoms in total. The number of rotatable bonds is 4. The van der Waals surface area contributed by atoms with Crippen molar-refractivity contribution in [1.82, 2.24) is 10.3 Å². The maximum absolute atomic E-state index is 13.2. The maximum atomic E-state index is 13.2. The Kier molecular flexibility index (Phi) is 4.07. The smallest absolute Gasteiger partial charge is 0.329 e. The van der Waals surface area contributed by atoms with Gasteiger partial charge in [0.2, 0.25) is 5.91 Å². The minimum atomic E-state index is -1.15. The van der Waals surface area contributed by atoms with Gasteiger partial charge in [0.05, 0.1) is 6.42 Å². The molecule has 3 rings (SSSR count). The molecular weight excluding hydrogens is 299 g/mol. The number of carbonyl (C=O) groups is 2. The van der Waals surface area contributed by atoms with Gasteiger partial charge in [-0.25, -0.2) is 9.18 Å². The van der Waals surface area contributed by atoms with Gasteiger partial charge >= 0.3 is 5.97 Å². The number of carbonyl (C=O) groups excluding carboxylic acids is 1. The van der Waals surface area contributed by atoms with Gasteiger partial charge in [-0.3, -0.25) is 4.79 Å². The fourth-order valence-corrected chi connectivity index (χ4v) is 3.34. The molecule has 1 heterocycles. The average molecular weight is 318 g/mol. The molecule has 1 saturated carbocycles. The average Bonchev–Trinajstić information content (AvgIpc) is 2.90. The van der Waals surface area contributed by atoms with Crippen LogP contribution in [0.5, 0.6) is 0 Å². The lowest BCUT2D eigenvalue weighted by atomic mass is 9.81. The first-order chi connectivity index (χ1) is 11.0. The number of halogens is 1. The first-order valence-electron chi connectivity index (χ1n) is 7.80. The van der Waals surface area contributed by atoms with Gasteiger partial charge < -0.3 is 15.4 Å². The van der Waals surface area contributed by atoms with E-state index < -0.39 is 11.5 Å². The lowest BCUT2D eigenvalue weighted by molar-refractivity contribution is -0.149. The van der Waals surface area contributed by atoms with Crippen LogP contribution < -0.4 is 5.32 Å². The van der Waals surface area contributed by atoms with Crippen molar-refractivity contribution in [1.29, 1.82) is 0 Å². The molecule has 0 aliphatic heterocycles. The molecule has 23 heavy (non-hydrogen) atoms. The maximum Gasteiger partial charge on any atom is 0.329 e. The van der Waals surface area contributed by atoms with Gasteiger partial charge in [-0.2, -0.15) is 0 Å². The van der Waals surface area contributed by atoms with E-state index in [1.165, 1.54) is 12.1 Å². The quantitative estimate of drug-likeness (QED) is 0.810. The van der Waals surface area contributed by atoms with Gasteiger partial charge in [0.15, 0.2) is 0 Å². The zero-order valence-electron chi connectivity index (χ0n) is 12.7. The van der Waals surface area contributed by atoms with Crippen molar-refractivity contribution < 1.29 is 19.1 Å². The number of aliphatic carboxylic acids is 1. The Morgan fingerprint density at radius 1 is 1.26 bits per heavy atom. The Labute approximate surface area is 132 Å². The lowest BCUT2D eigenvalue weighted by Gasteiger charge is -2.34. The Balaban J connectivity index is 1.76. The minimum absolute atomic E-state index is 0.0701. The second kappa shape index (κ2) is 6.02. The van der Waals surface area contributed by atoms with Crippen LogP contribution in [0, 0.1) is 5.82 Å². The van der Waals surface area contributed by atoms with E-state index in [1.54, 1.807) is 12.3 Å². The molecule has 1 aromatic heterocycles. The number of fused-ring (bicyclic) bond motifs is 1. The molecule has 2 aromatic rings. The summed E-state index contributed by atoms with van der Waals surface area (Å²) in [4.78, 5) is 26.9. The van der Waals surface area contributed by atoms with E-state index in [-0.39, 0.29) is 18.1 Å². The number of carboxylic acids is 1. The van der Waals surface area contributed by atoms with Crippen molar-refractivity contribution in [3.63, 3.8) is 0 Å². The number of benzene rings is 1. The van der Waals surface area contributed by atoms with Crippen LogP contribution in [0.2, 0.25) is 0 Å². The van der Waals surface area contributed by atoms with Crippen LogP contribution in [0.15, 0.2) is 24.4 Å². The normalized spacial score (nSPS) is 17.1. The Morgan fingerprint density at radius 2 is 2.00 bits per heavy atom. The molecule has 0 saturated heterocycles. The zero-order valence-corrected chi connectivity index (χ0v) is 12.7. The van der Waals surface area contributed by atoms with Crippen LogP contribution in [0.1, 0.15) is 37.7 Å². The van der Waals surface area contributed by atoms with Crippen LogP contribution in [0.3, 0.4) is 0 Å². The van der Waals surface area contributed by atoms with Crippen molar-refractivity contribution in [3.8, 4) is 0 Å². The fraction of sp³-hybridized carbons (Fsp3) is 0.412. The standard InChI is InChI=1S/C17H19FN2O3/c18-12-4-5-13-11(10-19-14(13)9-12)8-15(21)20-17(16(22)23)6-2-1-3-7-17/h4-5,9-10,19H,1-3,6-8H2,(H,20,21)(H,22,23). The molecule has 1 fully saturated rings. The van der Waals surface area contributed by atoms with Crippen molar-refractivity contribution in [2.75, 3.05) is 0 Å². The molecule has 1 aliphatic rings. The molecule has 1 aromatic carbocycles. The molecule has 0 unspecified atom stereocenters. The molecule has 1 amide bonds. The molecule has 0 atom stereocenters. The number of aromatic amines is 1. The first kappa shape index (κ1) is 15.5. The summed E-state index contributed by atoms with van der Waals surface area (Å²) >= 11 is 0. The summed E-state index contributed by atoms with van der Waals surface area (Å²) in [6, 6.07) is 4.34. The highest BCUT2D eigenvalue weighted by atomic mass is 19.1. The van der Waals surface area contributed by atoms with Gasteiger partial charge in [-0.1, -0.05) is 19.3 Å². The highest BCUT2D eigenvalue weighted by Gasteiger charge is 2.40. The van der Waals surface area contributed by atoms with E-state index in [0.29, 0.717) is 18.4 Å². The molecule has 122 valence electrons. The fourth-order valence-electron chi connectivity index (χ4n) is 3.34. The van der Waals surface area contributed by atoms with Gasteiger partial charge in [-0.15, -0.1) is 0 Å². The second-order valence-electron chi connectivity index (χ2n) is 6.18. The van der Waals surface area contributed by atoms with Crippen LogP contribution in [0.4, 0.5) is 4.39 Å². The lowest BCUT2D eigenvalue weighted by Crippen LogP contribution is -2.55. The highest BCUT2D eigenvalue weighted by Crippen LogP contribution is 2.29. The van der Waals surface area contributed by atoms with Crippen LogP contribution in [-0.4, -0.2) is 27.5 Å². The van der Waals surface area contributed by atoms with E-state index in [2.05, 4.69) is 10.3 Å². The molecule has 0 bridgehead atoms. The summed E-state index contributed by atoms with van der Waals surface area (Å²) in [5, 5.41) is 13.0. The van der Waals surface area contributed by atoms with Gasteiger partial charge in [0, 0.05) is 17.1 Å². The number of hydrogen-bond donors (Lipinski definition) is 3.